The van der Waals surface area contributed by atoms with Crippen molar-refractivity contribution in [2.75, 3.05) is 13.3 Å². The van der Waals surface area contributed by atoms with E-state index in [1.54, 1.807) is 12.3 Å². The molecule has 2 aromatic rings. The summed E-state index contributed by atoms with van der Waals surface area (Å²) in [7, 11) is 0. The van der Waals surface area contributed by atoms with Gasteiger partial charge in [-0.25, -0.2) is 9.59 Å². The highest BCUT2D eigenvalue weighted by Crippen LogP contribution is 2.27. The zero-order chi connectivity index (χ0) is 19.4. The average Bonchev–Trinajstić information content (AvgIpc) is 3.29. The van der Waals surface area contributed by atoms with Gasteiger partial charge >= 0.3 is 12.1 Å². The van der Waals surface area contributed by atoms with Crippen molar-refractivity contribution in [2.45, 2.75) is 32.5 Å². The second-order valence-corrected chi connectivity index (χ2v) is 6.77. The maximum Gasteiger partial charge on any atom is 0.412 e. The monoisotopic (exact) mass is 373 g/mol. The number of carbonyl (C=O) groups is 2. The third-order valence-corrected chi connectivity index (χ3v) is 4.46. The van der Waals surface area contributed by atoms with E-state index in [9.17, 15) is 14.7 Å². The Morgan fingerprint density at radius 1 is 1.30 bits per heavy atom. The molecule has 1 amide bonds. The lowest BCUT2D eigenvalue weighted by Gasteiger charge is -2.21. The van der Waals surface area contributed by atoms with Gasteiger partial charge in [0, 0.05) is 6.20 Å². The van der Waals surface area contributed by atoms with E-state index in [2.05, 4.69) is 5.10 Å². The SMILES string of the molecule is CC(C)[C@@H](C(=O)O)n1ccc([C@@H]2COCN2C(=O)OCc2ccccc2)n1. The molecular formula is C19H23N3O5. The summed E-state index contributed by atoms with van der Waals surface area (Å²) in [6.45, 7) is 4.22. The summed E-state index contributed by atoms with van der Waals surface area (Å²) < 4.78 is 12.2. The minimum absolute atomic E-state index is 0.109. The molecule has 1 aliphatic heterocycles. The lowest BCUT2D eigenvalue weighted by Crippen LogP contribution is -2.32. The maximum absolute atomic E-state index is 12.5. The van der Waals surface area contributed by atoms with Crippen LogP contribution in [0.2, 0.25) is 0 Å². The second kappa shape index (κ2) is 8.22. The molecule has 1 aliphatic rings. The predicted octanol–water partition coefficient (Wildman–Crippen LogP) is 2.83. The Kier molecular flexibility index (Phi) is 5.75. The first-order chi connectivity index (χ1) is 13.0. The lowest BCUT2D eigenvalue weighted by atomic mass is 10.1. The number of aliphatic carboxylic acids is 1. The average molecular weight is 373 g/mol. The van der Waals surface area contributed by atoms with Crippen molar-refractivity contribution < 1.29 is 24.2 Å². The second-order valence-electron chi connectivity index (χ2n) is 6.77. The molecular weight excluding hydrogens is 350 g/mol. The first-order valence-electron chi connectivity index (χ1n) is 8.80. The van der Waals surface area contributed by atoms with Gasteiger partial charge in [0.1, 0.15) is 19.4 Å². The van der Waals surface area contributed by atoms with E-state index in [0.29, 0.717) is 5.69 Å². The van der Waals surface area contributed by atoms with Crippen molar-refractivity contribution in [3.8, 4) is 0 Å². The van der Waals surface area contributed by atoms with E-state index >= 15 is 0 Å². The van der Waals surface area contributed by atoms with Crippen LogP contribution in [0, 0.1) is 5.92 Å². The van der Waals surface area contributed by atoms with Crippen LogP contribution in [0.15, 0.2) is 42.6 Å². The van der Waals surface area contributed by atoms with E-state index in [1.807, 2.05) is 44.2 Å². The number of hydrogen-bond acceptors (Lipinski definition) is 5. The molecule has 0 aliphatic carbocycles. The molecule has 3 rings (SSSR count). The van der Waals surface area contributed by atoms with Crippen LogP contribution >= 0.6 is 0 Å². The Hall–Kier alpha value is -2.87. The number of hydrogen-bond donors (Lipinski definition) is 1. The summed E-state index contributed by atoms with van der Waals surface area (Å²) in [5.41, 5.74) is 1.48. The van der Waals surface area contributed by atoms with Crippen molar-refractivity contribution in [2.24, 2.45) is 5.92 Å². The fraction of sp³-hybridized carbons (Fsp3) is 0.421. The summed E-state index contributed by atoms with van der Waals surface area (Å²) in [4.78, 5) is 25.4. The van der Waals surface area contributed by atoms with Crippen LogP contribution in [0.3, 0.4) is 0 Å². The molecule has 1 N–H and O–H groups in total. The van der Waals surface area contributed by atoms with Gasteiger partial charge in [-0.2, -0.15) is 5.10 Å². The highest BCUT2D eigenvalue weighted by Gasteiger charge is 2.34. The fourth-order valence-corrected chi connectivity index (χ4v) is 3.06. The Morgan fingerprint density at radius 2 is 2.04 bits per heavy atom. The van der Waals surface area contributed by atoms with Gasteiger partial charge in [0.05, 0.1) is 12.3 Å². The third-order valence-electron chi connectivity index (χ3n) is 4.46. The molecule has 27 heavy (non-hydrogen) atoms. The molecule has 0 bridgehead atoms. The van der Waals surface area contributed by atoms with Gasteiger partial charge < -0.3 is 14.6 Å². The smallest absolute Gasteiger partial charge is 0.412 e. The molecule has 0 saturated carbocycles. The molecule has 1 fully saturated rings. The standard InChI is InChI=1S/C19H23N3O5/c1-13(2)17(18(23)24)22-9-8-15(20-22)16-11-26-12-21(16)19(25)27-10-14-6-4-3-5-7-14/h3-9,13,16-17H,10-12H2,1-2H3,(H,23,24)/t16-,17-/m0/s1. The van der Waals surface area contributed by atoms with Crippen molar-refractivity contribution in [1.82, 2.24) is 14.7 Å². The Balaban J connectivity index is 1.69. The Bertz CT molecular complexity index is 790. The lowest BCUT2D eigenvalue weighted by molar-refractivity contribution is -0.142. The van der Waals surface area contributed by atoms with Gasteiger partial charge in [0.15, 0.2) is 6.04 Å². The topological polar surface area (TPSA) is 93.9 Å². The van der Waals surface area contributed by atoms with Gasteiger partial charge in [0.25, 0.3) is 0 Å². The van der Waals surface area contributed by atoms with Gasteiger partial charge in [-0.15, -0.1) is 0 Å². The molecule has 0 radical (unpaired) electrons. The largest absolute Gasteiger partial charge is 0.480 e. The molecule has 144 valence electrons. The highest BCUT2D eigenvalue weighted by atomic mass is 16.6. The summed E-state index contributed by atoms with van der Waals surface area (Å²) >= 11 is 0. The Labute approximate surface area is 157 Å². The zero-order valence-corrected chi connectivity index (χ0v) is 15.3. The third kappa shape index (κ3) is 4.28. The summed E-state index contributed by atoms with van der Waals surface area (Å²) in [5.74, 6) is -1.07. The van der Waals surface area contributed by atoms with Crippen LogP contribution in [-0.4, -0.2) is 45.2 Å². The predicted molar refractivity (Wildman–Crippen MR) is 95.8 cm³/mol. The molecule has 8 nitrogen and oxygen atoms in total. The van der Waals surface area contributed by atoms with Crippen LogP contribution in [0.1, 0.15) is 37.2 Å². The number of ether oxygens (including phenoxy) is 2. The first-order valence-corrected chi connectivity index (χ1v) is 8.80. The molecule has 8 heteroatoms. The molecule has 1 aromatic heterocycles. The van der Waals surface area contributed by atoms with E-state index in [-0.39, 0.29) is 25.9 Å². The maximum atomic E-state index is 12.5. The van der Waals surface area contributed by atoms with Crippen LogP contribution in [-0.2, 0) is 20.9 Å². The van der Waals surface area contributed by atoms with E-state index < -0.39 is 24.1 Å². The minimum atomic E-state index is -0.943. The quantitative estimate of drug-likeness (QED) is 0.837. The van der Waals surface area contributed by atoms with Gasteiger partial charge in [-0.1, -0.05) is 44.2 Å². The van der Waals surface area contributed by atoms with Crippen LogP contribution < -0.4 is 0 Å². The van der Waals surface area contributed by atoms with Crippen molar-refractivity contribution >= 4 is 12.1 Å². The van der Waals surface area contributed by atoms with Gasteiger partial charge in [-0.05, 0) is 17.5 Å². The van der Waals surface area contributed by atoms with Gasteiger partial charge in [-0.3, -0.25) is 9.58 Å². The number of carboxylic acids is 1. The van der Waals surface area contributed by atoms with E-state index in [1.165, 1.54) is 9.58 Å². The van der Waals surface area contributed by atoms with Gasteiger partial charge in [0.2, 0.25) is 0 Å². The highest BCUT2D eigenvalue weighted by molar-refractivity contribution is 5.72. The van der Waals surface area contributed by atoms with Crippen LogP contribution in [0.5, 0.6) is 0 Å². The van der Waals surface area contributed by atoms with Crippen molar-refractivity contribution in [3.05, 3.63) is 53.9 Å². The number of carboxylic acid groups (broad SMARTS) is 1. The Morgan fingerprint density at radius 3 is 2.70 bits per heavy atom. The number of carbonyl (C=O) groups excluding carboxylic acids is 1. The molecule has 1 saturated heterocycles. The zero-order valence-electron chi connectivity index (χ0n) is 15.3. The molecule has 2 atom stereocenters. The number of aromatic nitrogens is 2. The minimum Gasteiger partial charge on any atom is -0.480 e. The number of rotatable bonds is 6. The number of amides is 1. The summed E-state index contributed by atoms with van der Waals surface area (Å²) in [6.07, 6.45) is 1.13. The van der Waals surface area contributed by atoms with E-state index in [4.69, 9.17) is 9.47 Å². The molecule has 1 aromatic carbocycles. The van der Waals surface area contributed by atoms with Crippen molar-refractivity contribution in [3.63, 3.8) is 0 Å². The normalized spacial score (nSPS) is 17.9. The summed E-state index contributed by atoms with van der Waals surface area (Å²) in [6, 6.07) is 9.96. The van der Waals surface area contributed by atoms with Crippen molar-refractivity contribution in [1.29, 1.82) is 0 Å². The summed E-state index contributed by atoms with van der Waals surface area (Å²) in [5, 5.41) is 13.8. The first kappa shape index (κ1) is 18.9. The van der Waals surface area contributed by atoms with Crippen LogP contribution in [0.25, 0.3) is 0 Å². The molecule has 0 spiro atoms. The number of benzene rings is 1. The molecule has 0 unspecified atom stereocenters. The van der Waals surface area contributed by atoms with Crippen LogP contribution in [0.4, 0.5) is 4.79 Å². The number of nitrogens with zero attached hydrogens (tertiary/aromatic N) is 3. The fourth-order valence-electron chi connectivity index (χ4n) is 3.06. The van der Waals surface area contributed by atoms with E-state index in [0.717, 1.165) is 5.56 Å². The molecule has 2 heterocycles.